The minimum Gasteiger partial charge on any atom is -0.379 e. The molecule has 0 atom stereocenters. The van der Waals surface area contributed by atoms with Gasteiger partial charge >= 0.3 is 0 Å². The molecule has 0 aliphatic carbocycles. The molecule has 2 aromatic carbocycles. The average Bonchev–Trinajstić information content (AvgIpc) is 2.68. The number of hydrogen-bond acceptors (Lipinski definition) is 5. The molecule has 2 aromatic rings. The van der Waals surface area contributed by atoms with Crippen LogP contribution in [0.15, 0.2) is 46.7 Å². The Kier molecular flexibility index (Phi) is 6.66. The third-order valence-corrected chi connectivity index (χ3v) is 7.80. The molecule has 1 aliphatic rings. The van der Waals surface area contributed by atoms with E-state index in [2.05, 4.69) is 4.72 Å². The van der Waals surface area contributed by atoms with Gasteiger partial charge in [0.1, 0.15) is 0 Å². The zero-order chi connectivity index (χ0) is 21.9. The van der Waals surface area contributed by atoms with E-state index >= 15 is 0 Å². The highest BCUT2D eigenvalue weighted by molar-refractivity contribution is 7.95. The number of sulfonamides is 2. The zero-order valence-electron chi connectivity index (χ0n) is 17.3. The molecule has 0 bridgehead atoms. The van der Waals surface area contributed by atoms with Crippen LogP contribution in [0.1, 0.15) is 22.3 Å². The van der Waals surface area contributed by atoms with Gasteiger partial charge in [0.2, 0.25) is 10.0 Å². The zero-order valence-corrected chi connectivity index (χ0v) is 18.9. The van der Waals surface area contributed by atoms with E-state index in [0.717, 1.165) is 27.7 Å². The summed E-state index contributed by atoms with van der Waals surface area (Å²) in [6, 6.07) is 9.70. The number of ether oxygens (including phenoxy) is 1. The van der Waals surface area contributed by atoms with Crippen molar-refractivity contribution in [2.75, 3.05) is 31.0 Å². The number of nitrogens with zero attached hydrogens (tertiary/aromatic N) is 1. The Labute approximate surface area is 178 Å². The lowest BCUT2D eigenvalue weighted by Gasteiger charge is -2.26. The number of nitrogens with one attached hydrogen (secondary N) is 1. The van der Waals surface area contributed by atoms with E-state index in [9.17, 15) is 16.8 Å². The minimum absolute atomic E-state index is 0.119. The van der Waals surface area contributed by atoms with Gasteiger partial charge in [0, 0.05) is 18.8 Å². The van der Waals surface area contributed by atoms with Crippen LogP contribution in [0.4, 0.5) is 5.69 Å². The van der Waals surface area contributed by atoms with Gasteiger partial charge in [0.25, 0.3) is 10.0 Å². The number of aryl methyl sites for hydroxylation is 3. The van der Waals surface area contributed by atoms with E-state index in [1.54, 1.807) is 6.08 Å². The lowest BCUT2D eigenvalue weighted by atomic mass is 10.0. The van der Waals surface area contributed by atoms with Crippen LogP contribution in [0, 0.1) is 20.8 Å². The van der Waals surface area contributed by atoms with Gasteiger partial charge in [-0.3, -0.25) is 4.72 Å². The molecular weight excluding hydrogens is 424 g/mol. The van der Waals surface area contributed by atoms with Crippen molar-refractivity contribution in [3.8, 4) is 0 Å². The standard InChI is InChI=1S/C21H26N2O5S2/c1-16-14-17(2)21(18(3)15-16)8-13-29(24,25)22-19-4-6-20(7-5-19)30(26,27)23-9-11-28-12-10-23/h4-8,13-15,22H,9-12H2,1-3H3. The molecule has 162 valence electrons. The summed E-state index contributed by atoms with van der Waals surface area (Å²) in [6.45, 7) is 7.21. The Morgan fingerprint density at radius 3 is 2.07 bits per heavy atom. The van der Waals surface area contributed by atoms with E-state index in [1.165, 1.54) is 28.6 Å². The summed E-state index contributed by atoms with van der Waals surface area (Å²) in [6.07, 6.45) is 1.57. The monoisotopic (exact) mass is 450 g/mol. The van der Waals surface area contributed by atoms with Crippen LogP contribution < -0.4 is 4.72 Å². The van der Waals surface area contributed by atoms with Gasteiger partial charge in [-0.15, -0.1) is 0 Å². The van der Waals surface area contributed by atoms with Gasteiger partial charge in [0.05, 0.1) is 23.5 Å². The Balaban J connectivity index is 1.74. The second-order valence-corrected chi connectivity index (χ2v) is 10.8. The van der Waals surface area contributed by atoms with Crippen molar-refractivity contribution < 1.29 is 21.6 Å². The molecule has 7 nitrogen and oxygen atoms in total. The molecule has 0 amide bonds. The topological polar surface area (TPSA) is 92.8 Å². The predicted molar refractivity (Wildman–Crippen MR) is 118 cm³/mol. The fourth-order valence-corrected chi connectivity index (χ4v) is 5.70. The summed E-state index contributed by atoms with van der Waals surface area (Å²) < 4.78 is 59.2. The van der Waals surface area contributed by atoms with Gasteiger partial charge in [-0.05, 0) is 67.8 Å². The number of hydrogen-bond donors (Lipinski definition) is 1. The number of rotatable bonds is 6. The molecule has 0 radical (unpaired) electrons. The maximum atomic E-state index is 12.7. The summed E-state index contributed by atoms with van der Waals surface area (Å²) >= 11 is 0. The average molecular weight is 451 g/mol. The highest BCUT2D eigenvalue weighted by Gasteiger charge is 2.26. The summed E-state index contributed by atoms with van der Waals surface area (Å²) in [7, 11) is -7.37. The summed E-state index contributed by atoms with van der Waals surface area (Å²) in [5.41, 5.74) is 4.26. The quantitative estimate of drug-likeness (QED) is 0.730. The van der Waals surface area contributed by atoms with Gasteiger partial charge in [-0.1, -0.05) is 17.7 Å². The Morgan fingerprint density at radius 2 is 1.50 bits per heavy atom. The van der Waals surface area contributed by atoms with Crippen molar-refractivity contribution in [1.29, 1.82) is 0 Å². The first-order valence-electron chi connectivity index (χ1n) is 9.55. The molecule has 0 saturated carbocycles. The second kappa shape index (κ2) is 8.89. The van der Waals surface area contributed by atoms with Crippen LogP contribution in [-0.4, -0.2) is 47.4 Å². The van der Waals surface area contributed by atoms with E-state index in [4.69, 9.17) is 4.74 Å². The predicted octanol–water partition coefficient (Wildman–Crippen LogP) is 3.05. The van der Waals surface area contributed by atoms with Gasteiger partial charge in [0.15, 0.2) is 0 Å². The molecule has 1 saturated heterocycles. The molecule has 9 heteroatoms. The largest absolute Gasteiger partial charge is 0.379 e. The fraction of sp³-hybridized carbons (Fsp3) is 0.333. The van der Waals surface area contributed by atoms with Crippen LogP contribution in [0.3, 0.4) is 0 Å². The number of morpholine rings is 1. The fourth-order valence-electron chi connectivity index (χ4n) is 3.44. The second-order valence-electron chi connectivity index (χ2n) is 7.30. The van der Waals surface area contributed by atoms with Crippen LogP contribution in [0.2, 0.25) is 0 Å². The Bertz CT molecular complexity index is 1130. The Morgan fingerprint density at radius 1 is 0.933 bits per heavy atom. The molecule has 1 N–H and O–H groups in total. The van der Waals surface area contributed by atoms with Crippen molar-refractivity contribution in [1.82, 2.24) is 4.31 Å². The van der Waals surface area contributed by atoms with Crippen molar-refractivity contribution in [2.45, 2.75) is 25.7 Å². The molecule has 3 rings (SSSR count). The minimum atomic E-state index is -3.75. The summed E-state index contributed by atoms with van der Waals surface area (Å²) in [5.74, 6) is 0. The van der Waals surface area contributed by atoms with Crippen molar-refractivity contribution in [2.24, 2.45) is 0 Å². The molecule has 0 spiro atoms. The van der Waals surface area contributed by atoms with Crippen LogP contribution >= 0.6 is 0 Å². The highest BCUT2D eigenvalue weighted by atomic mass is 32.2. The molecule has 0 aromatic heterocycles. The van der Waals surface area contributed by atoms with E-state index < -0.39 is 20.0 Å². The molecule has 30 heavy (non-hydrogen) atoms. The first-order valence-corrected chi connectivity index (χ1v) is 12.5. The van der Waals surface area contributed by atoms with Crippen LogP contribution in [-0.2, 0) is 24.8 Å². The smallest absolute Gasteiger partial charge is 0.255 e. The molecule has 1 fully saturated rings. The Hall–Kier alpha value is -2.20. The third kappa shape index (κ3) is 5.28. The highest BCUT2D eigenvalue weighted by Crippen LogP contribution is 2.21. The first-order chi connectivity index (χ1) is 14.1. The summed E-state index contributed by atoms with van der Waals surface area (Å²) in [4.78, 5) is 0.119. The van der Waals surface area contributed by atoms with Crippen molar-refractivity contribution in [3.63, 3.8) is 0 Å². The maximum Gasteiger partial charge on any atom is 0.255 e. The SMILES string of the molecule is Cc1cc(C)c(C=CS(=O)(=O)Nc2ccc(S(=O)(=O)N3CCOCC3)cc2)c(C)c1. The summed E-state index contributed by atoms with van der Waals surface area (Å²) in [5, 5.41) is 1.12. The molecule has 0 unspecified atom stereocenters. The lowest BCUT2D eigenvalue weighted by Crippen LogP contribution is -2.40. The van der Waals surface area contributed by atoms with Crippen LogP contribution in [0.5, 0.6) is 0 Å². The molecule has 1 heterocycles. The first kappa shape index (κ1) is 22.5. The normalized spacial score (nSPS) is 16.1. The lowest BCUT2D eigenvalue weighted by molar-refractivity contribution is 0.0730. The third-order valence-electron chi connectivity index (χ3n) is 4.87. The van der Waals surface area contributed by atoms with Crippen molar-refractivity contribution in [3.05, 3.63) is 64.1 Å². The number of benzene rings is 2. The van der Waals surface area contributed by atoms with E-state index in [-0.39, 0.29) is 10.6 Å². The molecule has 1 aliphatic heterocycles. The molecular formula is C21H26N2O5S2. The van der Waals surface area contributed by atoms with E-state index in [1.807, 2.05) is 32.9 Å². The number of anilines is 1. The van der Waals surface area contributed by atoms with Crippen LogP contribution in [0.25, 0.3) is 6.08 Å². The van der Waals surface area contributed by atoms with E-state index in [0.29, 0.717) is 26.3 Å². The van der Waals surface area contributed by atoms with Gasteiger partial charge < -0.3 is 4.74 Å². The maximum absolute atomic E-state index is 12.7. The van der Waals surface area contributed by atoms with Gasteiger partial charge in [-0.2, -0.15) is 4.31 Å². The van der Waals surface area contributed by atoms with Crippen molar-refractivity contribution >= 4 is 31.8 Å². The van der Waals surface area contributed by atoms with Gasteiger partial charge in [-0.25, -0.2) is 16.8 Å².